The van der Waals surface area contributed by atoms with E-state index in [0.717, 1.165) is 42.9 Å². The molecule has 1 aliphatic heterocycles. The Bertz CT molecular complexity index is 753. The van der Waals surface area contributed by atoms with E-state index in [1.807, 2.05) is 42.5 Å². The number of nitrogens with one attached hydrogen (secondary N) is 1. The molecule has 1 N–H and O–H groups in total. The third-order valence-corrected chi connectivity index (χ3v) is 5.02. The molecule has 2 aromatic carbocycles. The van der Waals surface area contributed by atoms with E-state index in [2.05, 4.69) is 25.2 Å². The maximum Gasteiger partial charge on any atom is 0.262 e. The van der Waals surface area contributed by atoms with Gasteiger partial charge in [0, 0.05) is 12.3 Å². The second-order valence-corrected chi connectivity index (χ2v) is 7.15. The molecular weight excluding hydrogens is 354 g/mol. The quantitative estimate of drug-likeness (QED) is 0.677. The van der Waals surface area contributed by atoms with Gasteiger partial charge in [-0.3, -0.25) is 4.79 Å². The number of ether oxygens (including phenoxy) is 3. The summed E-state index contributed by atoms with van der Waals surface area (Å²) in [6.07, 6.45) is 3.36. The molecule has 0 bridgehead atoms. The van der Waals surface area contributed by atoms with Gasteiger partial charge in [-0.1, -0.05) is 32.0 Å². The van der Waals surface area contributed by atoms with Crippen molar-refractivity contribution in [3.05, 3.63) is 54.1 Å². The van der Waals surface area contributed by atoms with E-state index in [-0.39, 0.29) is 18.6 Å². The molecule has 28 heavy (non-hydrogen) atoms. The fourth-order valence-corrected chi connectivity index (χ4v) is 3.18. The number of hydrogen-bond acceptors (Lipinski definition) is 4. The lowest BCUT2D eigenvalue weighted by molar-refractivity contribution is -0.118. The van der Waals surface area contributed by atoms with E-state index in [0.29, 0.717) is 18.2 Å². The van der Waals surface area contributed by atoms with Gasteiger partial charge in [-0.15, -0.1) is 0 Å². The lowest BCUT2D eigenvalue weighted by atomic mass is 9.98. The molecule has 0 unspecified atom stereocenters. The van der Waals surface area contributed by atoms with Crippen LogP contribution in [0.25, 0.3) is 0 Å². The van der Waals surface area contributed by atoms with Gasteiger partial charge in [0.25, 0.3) is 5.91 Å². The first-order valence-corrected chi connectivity index (χ1v) is 10.0. The number of hydrogen-bond donors (Lipinski definition) is 1. The Kier molecular flexibility index (Phi) is 7.31. The zero-order valence-corrected chi connectivity index (χ0v) is 16.6. The van der Waals surface area contributed by atoms with Crippen LogP contribution in [0.3, 0.4) is 0 Å². The van der Waals surface area contributed by atoms with Gasteiger partial charge in [0.05, 0.1) is 6.10 Å². The Morgan fingerprint density at radius 3 is 2.68 bits per heavy atom. The van der Waals surface area contributed by atoms with Crippen LogP contribution in [0.5, 0.6) is 11.5 Å². The number of benzene rings is 2. The monoisotopic (exact) mass is 383 g/mol. The van der Waals surface area contributed by atoms with Crippen LogP contribution in [-0.2, 0) is 9.53 Å². The van der Waals surface area contributed by atoms with E-state index >= 15 is 0 Å². The van der Waals surface area contributed by atoms with Gasteiger partial charge < -0.3 is 19.5 Å². The molecule has 0 aliphatic carbocycles. The first-order chi connectivity index (χ1) is 13.7. The molecule has 0 saturated carbocycles. The smallest absolute Gasteiger partial charge is 0.262 e. The van der Waals surface area contributed by atoms with Crippen LogP contribution < -0.4 is 14.8 Å². The van der Waals surface area contributed by atoms with Crippen molar-refractivity contribution < 1.29 is 19.0 Å². The van der Waals surface area contributed by atoms with E-state index in [1.54, 1.807) is 0 Å². The Morgan fingerprint density at radius 1 is 1.18 bits per heavy atom. The molecule has 1 aliphatic rings. The second-order valence-electron chi connectivity index (χ2n) is 7.15. The van der Waals surface area contributed by atoms with Crippen LogP contribution in [0.4, 0.5) is 5.69 Å². The highest BCUT2D eigenvalue weighted by Crippen LogP contribution is 2.28. The lowest BCUT2D eigenvalue weighted by Gasteiger charge is -2.15. The van der Waals surface area contributed by atoms with Gasteiger partial charge in [-0.2, -0.15) is 0 Å². The normalized spacial score (nSPS) is 17.1. The molecule has 5 nitrogen and oxygen atoms in total. The van der Waals surface area contributed by atoms with Crippen molar-refractivity contribution in [1.29, 1.82) is 0 Å². The Morgan fingerprint density at radius 2 is 1.96 bits per heavy atom. The summed E-state index contributed by atoms with van der Waals surface area (Å²) in [5.41, 5.74) is 1.85. The Labute approximate surface area is 167 Å². The number of rotatable bonds is 9. The summed E-state index contributed by atoms with van der Waals surface area (Å²) in [5.74, 6) is 1.74. The van der Waals surface area contributed by atoms with Crippen LogP contribution in [0.2, 0.25) is 0 Å². The highest BCUT2D eigenvalue weighted by atomic mass is 16.5. The van der Waals surface area contributed by atoms with E-state index in [9.17, 15) is 4.79 Å². The van der Waals surface area contributed by atoms with Gasteiger partial charge in [0.1, 0.15) is 18.1 Å². The van der Waals surface area contributed by atoms with Gasteiger partial charge in [-0.25, -0.2) is 0 Å². The van der Waals surface area contributed by atoms with Gasteiger partial charge >= 0.3 is 0 Å². The van der Waals surface area contributed by atoms with E-state index in [4.69, 9.17) is 14.2 Å². The van der Waals surface area contributed by atoms with Crippen LogP contribution in [0, 0.1) is 0 Å². The fraction of sp³-hybridized carbons (Fsp3) is 0.435. The SMILES string of the molecule is CC[C@H](C)c1ccccc1OCC(=O)Nc1ccc(OC[C@@H]2CCCO2)cc1. The van der Waals surface area contributed by atoms with Crippen molar-refractivity contribution in [2.24, 2.45) is 0 Å². The molecule has 1 fully saturated rings. The standard InChI is InChI=1S/C23H29NO4/c1-3-17(2)21-8-4-5-9-22(21)28-16-23(25)24-18-10-12-19(13-11-18)27-15-20-7-6-14-26-20/h4-5,8-13,17,20H,3,6-7,14-16H2,1-2H3,(H,24,25)/t17-,20-/m0/s1. The van der Waals surface area contributed by atoms with Crippen molar-refractivity contribution in [2.75, 3.05) is 25.1 Å². The molecule has 150 valence electrons. The van der Waals surface area contributed by atoms with Crippen molar-refractivity contribution in [3.63, 3.8) is 0 Å². The summed E-state index contributed by atoms with van der Waals surface area (Å²) >= 11 is 0. The van der Waals surface area contributed by atoms with Crippen molar-refractivity contribution in [2.45, 2.75) is 45.1 Å². The molecule has 2 aromatic rings. The molecular formula is C23H29NO4. The van der Waals surface area contributed by atoms with Crippen LogP contribution >= 0.6 is 0 Å². The maximum atomic E-state index is 12.2. The van der Waals surface area contributed by atoms with Crippen LogP contribution in [-0.4, -0.2) is 31.8 Å². The largest absolute Gasteiger partial charge is 0.491 e. The first kappa shape index (κ1) is 20.2. The minimum absolute atomic E-state index is 0.0231. The molecule has 1 saturated heterocycles. The number of anilines is 1. The van der Waals surface area contributed by atoms with Crippen LogP contribution in [0.15, 0.2) is 48.5 Å². The zero-order chi connectivity index (χ0) is 19.8. The second kappa shape index (κ2) is 10.1. The zero-order valence-electron chi connectivity index (χ0n) is 16.6. The summed E-state index contributed by atoms with van der Waals surface area (Å²) < 4.78 is 17.1. The van der Waals surface area contributed by atoms with E-state index < -0.39 is 0 Å². The molecule has 3 rings (SSSR count). The van der Waals surface area contributed by atoms with E-state index in [1.165, 1.54) is 0 Å². The first-order valence-electron chi connectivity index (χ1n) is 10.0. The summed E-state index contributed by atoms with van der Waals surface area (Å²) in [7, 11) is 0. The average molecular weight is 383 g/mol. The van der Waals surface area contributed by atoms with Crippen molar-refractivity contribution in [3.8, 4) is 11.5 Å². The minimum Gasteiger partial charge on any atom is -0.491 e. The topological polar surface area (TPSA) is 56.8 Å². The van der Waals surface area contributed by atoms with Crippen molar-refractivity contribution >= 4 is 11.6 Å². The molecule has 0 radical (unpaired) electrons. The number of para-hydroxylation sites is 1. The van der Waals surface area contributed by atoms with Gasteiger partial charge in [-0.05, 0) is 61.1 Å². The van der Waals surface area contributed by atoms with Gasteiger partial charge in [0.2, 0.25) is 0 Å². The highest BCUT2D eigenvalue weighted by Gasteiger charge is 2.16. The van der Waals surface area contributed by atoms with Crippen molar-refractivity contribution in [1.82, 2.24) is 0 Å². The Balaban J connectivity index is 1.47. The third kappa shape index (κ3) is 5.73. The summed E-state index contributed by atoms with van der Waals surface area (Å²) in [5, 5.41) is 2.86. The molecule has 1 heterocycles. The summed E-state index contributed by atoms with van der Waals surface area (Å²) in [6.45, 7) is 5.66. The summed E-state index contributed by atoms with van der Waals surface area (Å²) in [6, 6.07) is 15.2. The van der Waals surface area contributed by atoms with Gasteiger partial charge in [0.15, 0.2) is 6.61 Å². The number of amides is 1. The average Bonchev–Trinajstić information content (AvgIpc) is 3.25. The summed E-state index contributed by atoms with van der Waals surface area (Å²) in [4.78, 5) is 12.2. The fourth-order valence-electron chi connectivity index (χ4n) is 3.18. The molecule has 0 aromatic heterocycles. The lowest BCUT2D eigenvalue weighted by Crippen LogP contribution is -2.20. The predicted molar refractivity (Wildman–Crippen MR) is 110 cm³/mol. The molecule has 5 heteroatoms. The van der Waals surface area contributed by atoms with Crippen LogP contribution in [0.1, 0.15) is 44.6 Å². The molecule has 0 spiro atoms. The third-order valence-electron chi connectivity index (χ3n) is 5.02. The highest BCUT2D eigenvalue weighted by molar-refractivity contribution is 5.91. The number of carbonyl (C=O) groups excluding carboxylic acids is 1. The molecule has 1 amide bonds. The maximum absolute atomic E-state index is 12.2. The Hall–Kier alpha value is -2.53. The predicted octanol–water partition coefficient (Wildman–Crippen LogP) is 4.78. The minimum atomic E-state index is -0.188. The number of carbonyl (C=O) groups is 1. The molecule has 2 atom stereocenters.